The molecule has 2 aromatic rings. The second kappa shape index (κ2) is 4.89. The van der Waals surface area contributed by atoms with Gasteiger partial charge < -0.3 is 9.73 Å². The van der Waals surface area contributed by atoms with Gasteiger partial charge in [0.05, 0.1) is 0 Å². The number of hydrogen-bond donors (Lipinski definition) is 2. The van der Waals surface area contributed by atoms with Crippen LogP contribution in [0, 0.1) is 0 Å². The van der Waals surface area contributed by atoms with Crippen molar-refractivity contribution in [3.8, 4) is 11.6 Å². The summed E-state index contributed by atoms with van der Waals surface area (Å²) in [5.74, 6) is 1.12. The summed E-state index contributed by atoms with van der Waals surface area (Å²) in [4.78, 5) is 0. The maximum atomic E-state index is 5.48. The normalized spacial score (nSPS) is 11.2. The van der Waals surface area contributed by atoms with Gasteiger partial charge in [0.25, 0.3) is 5.89 Å². The molecule has 2 N–H and O–H groups in total. The van der Waals surface area contributed by atoms with Crippen LogP contribution >= 0.6 is 0 Å². The smallest absolute Gasteiger partial charge is 0.265 e. The Morgan fingerprint density at radius 1 is 1.44 bits per heavy atom. The maximum Gasteiger partial charge on any atom is 0.265 e. The van der Waals surface area contributed by atoms with Crippen LogP contribution in [0.1, 0.15) is 19.7 Å². The minimum atomic E-state index is 0.468. The van der Waals surface area contributed by atoms with Gasteiger partial charge in [-0.15, -0.1) is 10.2 Å². The molecule has 0 bridgehead atoms. The number of aromatic amines is 1. The second-order valence-corrected chi connectivity index (χ2v) is 3.83. The Morgan fingerprint density at radius 2 is 2.31 bits per heavy atom. The summed E-state index contributed by atoms with van der Waals surface area (Å²) in [7, 11) is 0. The Balaban J connectivity index is 1.93. The molecule has 0 aliphatic carbocycles. The van der Waals surface area contributed by atoms with Crippen molar-refractivity contribution in [2.45, 2.75) is 26.3 Å². The Kier molecular flexibility index (Phi) is 3.31. The highest BCUT2D eigenvalue weighted by Crippen LogP contribution is 2.13. The number of hydrogen-bond acceptors (Lipinski definition) is 5. The molecule has 0 aromatic carbocycles. The summed E-state index contributed by atoms with van der Waals surface area (Å²) in [5, 5.41) is 17.8. The van der Waals surface area contributed by atoms with Gasteiger partial charge in [-0.1, -0.05) is 13.8 Å². The van der Waals surface area contributed by atoms with Crippen molar-refractivity contribution in [1.29, 1.82) is 0 Å². The molecule has 16 heavy (non-hydrogen) atoms. The molecule has 6 heteroatoms. The molecule has 6 nitrogen and oxygen atoms in total. The van der Waals surface area contributed by atoms with Crippen molar-refractivity contribution in [2.75, 3.05) is 6.54 Å². The molecule has 86 valence electrons. The van der Waals surface area contributed by atoms with Crippen molar-refractivity contribution < 1.29 is 4.42 Å². The fraction of sp³-hybridized carbons (Fsp3) is 0.500. The van der Waals surface area contributed by atoms with Gasteiger partial charge in [-0.2, -0.15) is 5.10 Å². The first-order chi connectivity index (χ1) is 7.75. The van der Waals surface area contributed by atoms with Gasteiger partial charge in [0.1, 0.15) is 5.69 Å². The summed E-state index contributed by atoms with van der Waals surface area (Å²) in [6.45, 7) is 5.04. The summed E-state index contributed by atoms with van der Waals surface area (Å²) in [6, 6.07) is 2.26. The van der Waals surface area contributed by atoms with E-state index in [1.165, 1.54) is 0 Å². The minimum Gasteiger partial charge on any atom is -0.419 e. The fourth-order valence-corrected chi connectivity index (χ4v) is 1.31. The van der Waals surface area contributed by atoms with Crippen LogP contribution in [0.4, 0.5) is 0 Å². The molecule has 0 fully saturated rings. The lowest BCUT2D eigenvalue weighted by molar-refractivity contribution is 0.483. The number of aromatic nitrogens is 4. The summed E-state index contributed by atoms with van der Waals surface area (Å²) < 4.78 is 5.48. The van der Waals surface area contributed by atoms with E-state index in [1.807, 2.05) is 0 Å². The second-order valence-electron chi connectivity index (χ2n) is 3.83. The lowest BCUT2D eigenvalue weighted by Gasteiger charge is -2.04. The van der Waals surface area contributed by atoms with Crippen molar-refractivity contribution >= 4 is 0 Å². The monoisotopic (exact) mass is 221 g/mol. The highest BCUT2D eigenvalue weighted by Gasteiger charge is 2.08. The third-order valence-corrected chi connectivity index (χ3v) is 2.09. The zero-order valence-corrected chi connectivity index (χ0v) is 9.40. The highest BCUT2D eigenvalue weighted by molar-refractivity contribution is 5.44. The van der Waals surface area contributed by atoms with E-state index in [2.05, 4.69) is 39.6 Å². The molecule has 0 unspecified atom stereocenters. The van der Waals surface area contributed by atoms with E-state index in [4.69, 9.17) is 4.42 Å². The van der Waals surface area contributed by atoms with E-state index >= 15 is 0 Å². The summed E-state index contributed by atoms with van der Waals surface area (Å²) in [6.07, 6.45) is 2.39. The first-order valence-electron chi connectivity index (χ1n) is 5.31. The molecule has 2 rings (SSSR count). The van der Waals surface area contributed by atoms with E-state index < -0.39 is 0 Å². The third-order valence-electron chi connectivity index (χ3n) is 2.09. The van der Waals surface area contributed by atoms with Gasteiger partial charge in [-0.25, -0.2) is 0 Å². The van der Waals surface area contributed by atoms with Crippen LogP contribution in [0.3, 0.4) is 0 Å². The molecule has 0 spiro atoms. The first-order valence-corrected chi connectivity index (χ1v) is 5.31. The maximum absolute atomic E-state index is 5.48. The van der Waals surface area contributed by atoms with Crippen LogP contribution < -0.4 is 5.32 Å². The molecule has 0 saturated carbocycles. The van der Waals surface area contributed by atoms with Crippen LogP contribution in [0.5, 0.6) is 0 Å². The zero-order valence-electron chi connectivity index (χ0n) is 9.40. The predicted molar refractivity (Wildman–Crippen MR) is 58.7 cm³/mol. The van der Waals surface area contributed by atoms with Crippen LogP contribution in [-0.2, 0) is 6.42 Å². The molecule has 0 saturated heterocycles. The van der Waals surface area contributed by atoms with Crippen LogP contribution in [0.2, 0.25) is 0 Å². The van der Waals surface area contributed by atoms with Crippen LogP contribution in [0.25, 0.3) is 11.6 Å². The Morgan fingerprint density at radius 3 is 3.00 bits per heavy atom. The Hall–Kier alpha value is -1.69. The van der Waals surface area contributed by atoms with E-state index in [0.717, 1.165) is 18.7 Å². The number of H-pyrrole nitrogens is 1. The average molecular weight is 221 g/mol. The molecule has 2 heterocycles. The Bertz CT molecular complexity index is 420. The minimum absolute atomic E-state index is 0.468. The lowest BCUT2D eigenvalue weighted by atomic mass is 10.3. The third kappa shape index (κ3) is 2.66. The van der Waals surface area contributed by atoms with Crippen molar-refractivity contribution in [1.82, 2.24) is 25.7 Å². The predicted octanol–water partition coefficient (Wildman–Crippen LogP) is 1.00. The number of nitrogens with zero attached hydrogens (tertiary/aromatic N) is 3. The van der Waals surface area contributed by atoms with Gasteiger partial charge >= 0.3 is 0 Å². The van der Waals surface area contributed by atoms with Gasteiger partial charge in [-0.3, -0.25) is 5.10 Å². The number of rotatable bonds is 5. The Labute approximate surface area is 93.5 Å². The topological polar surface area (TPSA) is 79.6 Å². The lowest BCUT2D eigenvalue weighted by Crippen LogP contribution is -2.25. The van der Waals surface area contributed by atoms with Crippen molar-refractivity contribution in [3.05, 3.63) is 18.2 Å². The van der Waals surface area contributed by atoms with Gasteiger partial charge in [0, 0.05) is 25.2 Å². The SMILES string of the molecule is CC(C)NCCc1nnc(-c2ccn[nH]2)o1. The van der Waals surface area contributed by atoms with E-state index in [0.29, 0.717) is 17.8 Å². The molecule has 0 aliphatic rings. The van der Waals surface area contributed by atoms with Crippen molar-refractivity contribution in [2.24, 2.45) is 0 Å². The first kappa shape index (κ1) is 10.8. The van der Waals surface area contributed by atoms with Crippen LogP contribution in [-0.4, -0.2) is 33.0 Å². The fourth-order valence-electron chi connectivity index (χ4n) is 1.31. The highest BCUT2D eigenvalue weighted by atomic mass is 16.4. The molecule has 0 atom stereocenters. The van der Waals surface area contributed by atoms with Gasteiger partial charge in [0.15, 0.2) is 0 Å². The largest absolute Gasteiger partial charge is 0.419 e. The quantitative estimate of drug-likeness (QED) is 0.787. The molecule has 0 aliphatic heterocycles. The summed E-state index contributed by atoms with van der Waals surface area (Å²) in [5.41, 5.74) is 0.746. The van der Waals surface area contributed by atoms with E-state index in [9.17, 15) is 0 Å². The molecular weight excluding hydrogens is 206 g/mol. The molecule has 0 amide bonds. The zero-order chi connectivity index (χ0) is 11.4. The molecule has 0 radical (unpaired) electrons. The van der Waals surface area contributed by atoms with Crippen LogP contribution in [0.15, 0.2) is 16.7 Å². The molecular formula is C10H15N5O. The van der Waals surface area contributed by atoms with Gasteiger partial charge in [-0.05, 0) is 6.07 Å². The van der Waals surface area contributed by atoms with E-state index in [1.54, 1.807) is 12.3 Å². The summed E-state index contributed by atoms with van der Waals surface area (Å²) >= 11 is 0. The molecule has 2 aromatic heterocycles. The number of nitrogens with one attached hydrogen (secondary N) is 2. The standard InChI is InChI=1S/C10H15N5O/c1-7(2)11-5-4-9-14-15-10(16-9)8-3-6-12-13-8/h3,6-7,11H,4-5H2,1-2H3,(H,12,13). The van der Waals surface area contributed by atoms with E-state index in [-0.39, 0.29) is 0 Å². The van der Waals surface area contributed by atoms with Gasteiger partial charge in [0.2, 0.25) is 5.89 Å². The average Bonchev–Trinajstić information content (AvgIpc) is 2.85. The van der Waals surface area contributed by atoms with Crippen molar-refractivity contribution in [3.63, 3.8) is 0 Å².